The summed E-state index contributed by atoms with van der Waals surface area (Å²) in [5.41, 5.74) is 0.183. The smallest absolute Gasteiger partial charge is 0.316 e. The molecule has 10 nitrogen and oxygen atoms in total. The first-order chi connectivity index (χ1) is 16.9. The molecule has 1 saturated carbocycles. The zero-order valence-corrected chi connectivity index (χ0v) is 19.6. The highest BCUT2D eigenvalue weighted by Crippen LogP contribution is 2.38. The first-order valence-electron chi connectivity index (χ1n) is 11.6. The Bertz CT molecular complexity index is 1360. The van der Waals surface area contributed by atoms with E-state index in [9.17, 15) is 19.7 Å². The van der Waals surface area contributed by atoms with Gasteiger partial charge in [0, 0.05) is 24.5 Å². The average Bonchev–Trinajstić information content (AvgIpc) is 2.85. The monoisotopic (exact) mass is 478 g/mol. The molecule has 182 valence electrons. The van der Waals surface area contributed by atoms with Gasteiger partial charge in [-0.1, -0.05) is 31.4 Å². The van der Waals surface area contributed by atoms with E-state index in [0.29, 0.717) is 22.3 Å². The fraction of sp³-hybridized carbons (Fsp3) is 0.360. The largest absolute Gasteiger partial charge is 0.490 e. The molecule has 1 aliphatic carbocycles. The Morgan fingerprint density at radius 3 is 2.69 bits per heavy atom. The summed E-state index contributed by atoms with van der Waals surface area (Å²) >= 11 is 0. The molecule has 0 N–H and O–H groups in total. The normalized spacial score (nSPS) is 14.3. The van der Waals surface area contributed by atoms with Crippen molar-refractivity contribution in [3.63, 3.8) is 0 Å². The molecule has 1 fully saturated rings. The fourth-order valence-electron chi connectivity index (χ4n) is 4.33. The van der Waals surface area contributed by atoms with Crippen molar-refractivity contribution in [2.45, 2.75) is 51.9 Å². The van der Waals surface area contributed by atoms with Gasteiger partial charge in [-0.15, -0.1) is 0 Å². The molecular weight excluding hydrogens is 452 g/mol. The number of benzene rings is 2. The lowest BCUT2D eigenvalue weighted by Crippen LogP contribution is -2.25. The molecule has 0 bridgehead atoms. The molecule has 1 aliphatic rings. The maximum Gasteiger partial charge on any atom is 0.316 e. The number of rotatable bonds is 7. The summed E-state index contributed by atoms with van der Waals surface area (Å²) in [4.78, 5) is 40.7. The van der Waals surface area contributed by atoms with Crippen LogP contribution in [0.15, 0.2) is 46.3 Å². The third kappa shape index (κ3) is 5.21. The maximum atomic E-state index is 13.4. The number of nitro benzene ring substituents is 1. The predicted octanol–water partition coefficient (Wildman–Crippen LogP) is 4.56. The van der Waals surface area contributed by atoms with Crippen molar-refractivity contribution < 1.29 is 19.2 Å². The molecule has 1 heterocycles. The van der Waals surface area contributed by atoms with E-state index in [1.807, 2.05) is 12.1 Å². The highest BCUT2D eigenvalue weighted by Gasteiger charge is 2.25. The van der Waals surface area contributed by atoms with Gasteiger partial charge in [0.15, 0.2) is 5.75 Å². The SMILES string of the molecule is CCOc1cc(C=Nn2c(C3CCCCC3)nc3ccccc3c2=O)cc([N+](=O)[O-])c1OC(C)=O. The number of nitro groups is 1. The molecule has 0 aliphatic heterocycles. The minimum atomic E-state index is -0.707. The molecule has 1 aromatic heterocycles. The van der Waals surface area contributed by atoms with E-state index < -0.39 is 16.6 Å². The second-order valence-corrected chi connectivity index (χ2v) is 8.33. The minimum absolute atomic E-state index is 0.0369. The fourth-order valence-corrected chi connectivity index (χ4v) is 4.33. The molecule has 0 unspecified atom stereocenters. The van der Waals surface area contributed by atoms with Crippen molar-refractivity contribution in [1.29, 1.82) is 0 Å². The summed E-state index contributed by atoms with van der Waals surface area (Å²) in [7, 11) is 0. The van der Waals surface area contributed by atoms with Gasteiger partial charge >= 0.3 is 11.7 Å². The van der Waals surface area contributed by atoms with Gasteiger partial charge in [0.05, 0.1) is 28.6 Å². The number of esters is 1. The van der Waals surface area contributed by atoms with Crippen molar-refractivity contribution >= 4 is 28.8 Å². The molecule has 4 rings (SSSR count). The van der Waals surface area contributed by atoms with Gasteiger partial charge in [0.1, 0.15) is 5.82 Å². The van der Waals surface area contributed by atoms with Crippen LogP contribution in [-0.4, -0.2) is 33.4 Å². The lowest BCUT2D eigenvalue weighted by Gasteiger charge is -2.22. The predicted molar refractivity (Wildman–Crippen MR) is 130 cm³/mol. The number of carbonyl (C=O) groups is 1. The van der Waals surface area contributed by atoms with Gasteiger partial charge in [0.2, 0.25) is 5.75 Å². The Morgan fingerprint density at radius 2 is 2.00 bits per heavy atom. The van der Waals surface area contributed by atoms with Crippen molar-refractivity contribution in [3.05, 3.63) is 68.3 Å². The topological polar surface area (TPSA) is 126 Å². The number of para-hydroxylation sites is 1. The van der Waals surface area contributed by atoms with Crippen LogP contribution >= 0.6 is 0 Å². The van der Waals surface area contributed by atoms with Gasteiger partial charge in [-0.25, -0.2) is 4.98 Å². The van der Waals surface area contributed by atoms with Crippen LogP contribution in [0.5, 0.6) is 11.5 Å². The molecule has 0 amide bonds. The van der Waals surface area contributed by atoms with Gasteiger partial charge < -0.3 is 9.47 Å². The van der Waals surface area contributed by atoms with Crippen LogP contribution in [0.3, 0.4) is 0 Å². The highest BCUT2D eigenvalue weighted by molar-refractivity contribution is 5.84. The zero-order valence-electron chi connectivity index (χ0n) is 19.6. The Kier molecular flexibility index (Phi) is 7.19. The molecule has 2 aromatic carbocycles. The first-order valence-corrected chi connectivity index (χ1v) is 11.6. The van der Waals surface area contributed by atoms with Crippen LogP contribution in [0, 0.1) is 10.1 Å². The van der Waals surface area contributed by atoms with E-state index in [2.05, 4.69) is 5.10 Å². The van der Waals surface area contributed by atoms with Crippen LogP contribution in [-0.2, 0) is 4.79 Å². The quantitative estimate of drug-likeness (QED) is 0.160. The Balaban J connectivity index is 1.84. The summed E-state index contributed by atoms with van der Waals surface area (Å²) in [5, 5.41) is 16.6. The summed E-state index contributed by atoms with van der Waals surface area (Å²) in [6.07, 6.45) is 6.44. The third-order valence-corrected chi connectivity index (χ3v) is 5.87. The van der Waals surface area contributed by atoms with E-state index in [0.717, 1.165) is 39.0 Å². The van der Waals surface area contributed by atoms with Crippen molar-refractivity contribution in [3.8, 4) is 11.5 Å². The summed E-state index contributed by atoms with van der Waals surface area (Å²) in [5.74, 6) is -0.260. The minimum Gasteiger partial charge on any atom is -0.490 e. The number of ether oxygens (including phenoxy) is 2. The van der Waals surface area contributed by atoms with Crippen molar-refractivity contribution in [2.24, 2.45) is 5.10 Å². The molecule has 35 heavy (non-hydrogen) atoms. The van der Waals surface area contributed by atoms with Crippen LogP contribution in [0.1, 0.15) is 63.3 Å². The van der Waals surface area contributed by atoms with Crippen LogP contribution < -0.4 is 15.0 Å². The maximum absolute atomic E-state index is 13.4. The van der Waals surface area contributed by atoms with E-state index in [-0.39, 0.29) is 29.6 Å². The van der Waals surface area contributed by atoms with Crippen molar-refractivity contribution in [1.82, 2.24) is 9.66 Å². The first kappa shape index (κ1) is 24.1. The Hall–Kier alpha value is -4.08. The van der Waals surface area contributed by atoms with Crippen LogP contribution in [0.25, 0.3) is 10.9 Å². The van der Waals surface area contributed by atoms with E-state index >= 15 is 0 Å². The Morgan fingerprint density at radius 1 is 1.26 bits per heavy atom. The van der Waals surface area contributed by atoms with E-state index in [1.165, 1.54) is 23.0 Å². The third-order valence-electron chi connectivity index (χ3n) is 5.87. The van der Waals surface area contributed by atoms with Gasteiger partial charge in [-0.2, -0.15) is 9.78 Å². The zero-order chi connectivity index (χ0) is 24.9. The van der Waals surface area contributed by atoms with Crippen LogP contribution in [0.4, 0.5) is 5.69 Å². The summed E-state index contributed by atoms with van der Waals surface area (Å²) in [6, 6.07) is 9.83. The number of hydrogen-bond acceptors (Lipinski definition) is 8. The lowest BCUT2D eigenvalue weighted by molar-refractivity contribution is -0.385. The summed E-state index contributed by atoms with van der Waals surface area (Å²) < 4.78 is 11.9. The number of carbonyl (C=O) groups excluding carboxylic acids is 1. The highest BCUT2D eigenvalue weighted by atomic mass is 16.6. The molecule has 0 spiro atoms. The van der Waals surface area contributed by atoms with Crippen molar-refractivity contribution in [2.75, 3.05) is 6.61 Å². The second-order valence-electron chi connectivity index (χ2n) is 8.33. The van der Waals surface area contributed by atoms with Gasteiger partial charge in [-0.3, -0.25) is 19.7 Å². The van der Waals surface area contributed by atoms with Gasteiger partial charge in [-0.05, 0) is 38.0 Å². The molecule has 3 aromatic rings. The molecule has 0 atom stereocenters. The number of nitrogens with zero attached hydrogens (tertiary/aromatic N) is 4. The second kappa shape index (κ2) is 10.5. The molecular formula is C25H26N4O6. The standard InChI is InChI=1S/C25H26N4O6/c1-3-34-22-14-17(13-21(29(32)33)23(22)35-16(2)30)15-26-28-24(18-9-5-4-6-10-18)27-20-12-8-7-11-19(20)25(28)31/h7-8,11-15,18H,3-6,9-10H2,1-2H3. The number of hydrogen-bond donors (Lipinski definition) is 0. The van der Waals surface area contributed by atoms with E-state index in [1.54, 1.807) is 19.1 Å². The molecule has 10 heteroatoms. The number of aromatic nitrogens is 2. The lowest BCUT2D eigenvalue weighted by atomic mass is 9.88. The Labute approximate surface area is 201 Å². The average molecular weight is 479 g/mol. The van der Waals surface area contributed by atoms with E-state index in [4.69, 9.17) is 14.5 Å². The molecule has 0 radical (unpaired) electrons. The summed E-state index contributed by atoms with van der Waals surface area (Å²) in [6.45, 7) is 3.06. The van der Waals surface area contributed by atoms with Gasteiger partial charge in [0.25, 0.3) is 5.56 Å². The van der Waals surface area contributed by atoms with Crippen LogP contribution in [0.2, 0.25) is 0 Å². The number of fused-ring (bicyclic) bond motifs is 1. The molecule has 0 saturated heterocycles.